The van der Waals surface area contributed by atoms with Gasteiger partial charge in [0.25, 0.3) is 0 Å². The van der Waals surface area contributed by atoms with Crippen LogP contribution >= 0.6 is 11.8 Å². The molecule has 4 rings (SSSR count). The third-order valence-corrected chi connectivity index (χ3v) is 6.99. The van der Waals surface area contributed by atoms with Crippen molar-refractivity contribution in [1.82, 2.24) is 4.90 Å². The van der Waals surface area contributed by atoms with Gasteiger partial charge in [0.05, 0.1) is 17.5 Å². The van der Waals surface area contributed by atoms with Crippen LogP contribution in [0.2, 0.25) is 0 Å². The Kier molecular flexibility index (Phi) is 3.70. The van der Waals surface area contributed by atoms with Crippen molar-refractivity contribution in [2.75, 3.05) is 17.7 Å². The molecule has 4 nitrogen and oxygen atoms in total. The molecule has 0 saturated carbocycles. The fourth-order valence-corrected chi connectivity index (χ4v) is 5.97. The zero-order valence-electron chi connectivity index (χ0n) is 13.5. The number of anilines is 1. The van der Waals surface area contributed by atoms with Gasteiger partial charge >= 0.3 is 6.18 Å². The molecule has 3 saturated heterocycles. The van der Waals surface area contributed by atoms with Gasteiger partial charge in [-0.3, -0.25) is 14.5 Å². The Bertz CT molecular complexity index is 726. The number of imide groups is 1. The first-order valence-corrected chi connectivity index (χ1v) is 9.38. The van der Waals surface area contributed by atoms with E-state index < -0.39 is 40.7 Å². The van der Waals surface area contributed by atoms with Crippen LogP contribution in [0.5, 0.6) is 0 Å². The van der Waals surface area contributed by atoms with E-state index >= 15 is 0 Å². The topological polar surface area (TPSA) is 40.6 Å². The number of nitrogens with zero attached hydrogens (tertiary/aromatic N) is 2. The van der Waals surface area contributed by atoms with E-state index in [2.05, 4.69) is 0 Å². The lowest BCUT2D eigenvalue weighted by Crippen LogP contribution is -2.59. The zero-order valence-corrected chi connectivity index (χ0v) is 14.3. The fourth-order valence-electron chi connectivity index (χ4n) is 4.78. The smallest absolute Gasteiger partial charge is 0.277 e. The third-order valence-electron chi connectivity index (χ3n) is 5.64. The van der Waals surface area contributed by atoms with Gasteiger partial charge in [-0.15, -0.1) is 11.8 Å². The number of rotatable bonds is 2. The van der Waals surface area contributed by atoms with Crippen LogP contribution in [0.1, 0.15) is 12.8 Å². The average molecular weight is 370 g/mol. The summed E-state index contributed by atoms with van der Waals surface area (Å²) in [4.78, 5) is 26.0. The van der Waals surface area contributed by atoms with Gasteiger partial charge in [0, 0.05) is 12.6 Å². The molecule has 3 fully saturated rings. The number of alkyl halides is 3. The molecule has 134 valence electrons. The molecule has 3 heterocycles. The molecular weight excluding hydrogens is 353 g/mol. The van der Waals surface area contributed by atoms with Crippen molar-refractivity contribution in [3.05, 3.63) is 30.3 Å². The highest BCUT2D eigenvalue weighted by Crippen LogP contribution is 2.62. The van der Waals surface area contributed by atoms with E-state index in [-0.39, 0.29) is 6.54 Å². The minimum absolute atomic E-state index is 0.268. The SMILES string of the molecule is CS[C@]1(C(F)(F)F)[C@H]2C(=O)N(c3ccccc3)C(=O)[C@H]2[C@H]2CCCN21. The number of benzene rings is 1. The van der Waals surface area contributed by atoms with Crippen LogP contribution in [-0.2, 0) is 9.59 Å². The van der Waals surface area contributed by atoms with E-state index in [0.29, 0.717) is 30.3 Å². The maximum absolute atomic E-state index is 14.2. The van der Waals surface area contributed by atoms with Gasteiger partial charge in [-0.05, 0) is 31.2 Å². The summed E-state index contributed by atoms with van der Waals surface area (Å²) in [6.07, 6.45) is -2.09. The minimum atomic E-state index is -4.60. The number of halogens is 3. The van der Waals surface area contributed by atoms with Gasteiger partial charge in [-0.2, -0.15) is 13.2 Å². The summed E-state index contributed by atoms with van der Waals surface area (Å²) < 4.78 is 42.5. The van der Waals surface area contributed by atoms with E-state index in [0.717, 1.165) is 4.90 Å². The number of hydrogen-bond donors (Lipinski definition) is 0. The molecule has 0 radical (unpaired) electrons. The number of carbonyl (C=O) groups excluding carboxylic acids is 2. The van der Waals surface area contributed by atoms with E-state index in [1.807, 2.05) is 0 Å². The fraction of sp³-hybridized carbons (Fsp3) is 0.529. The number of carbonyl (C=O) groups is 2. The summed E-state index contributed by atoms with van der Waals surface area (Å²) in [6, 6.07) is 7.70. The number of fused-ring (bicyclic) bond motifs is 3. The molecule has 0 spiro atoms. The van der Waals surface area contributed by atoms with Crippen molar-refractivity contribution in [3.8, 4) is 0 Å². The van der Waals surface area contributed by atoms with Gasteiger partial charge in [0.2, 0.25) is 11.8 Å². The molecule has 25 heavy (non-hydrogen) atoms. The highest BCUT2D eigenvalue weighted by molar-refractivity contribution is 8.00. The van der Waals surface area contributed by atoms with Crippen LogP contribution < -0.4 is 4.90 Å². The van der Waals surface area contributed by atoms with Crippen molar-refractivity contribution >= 4 is 29.3 Å². The summed E-state index contributed by atoms with van der Waals surface area (Å²) in [7, 11) is 0. The first-order chi connectivity index (χ1) is 11.8. The lowest BCUT2D eigenvalue weighted by Gasteiger charge is -2.41. The van der Waals surface area contributed by atoms with Crippen molar-refractivity contribution < 1.29 is 22.8 Å². The molecule has 3 aliphatic heterocycles. The second kappa shape index (κ2) is 5.48. The molecular formula is C17H17F3N2O2S. The quantitative estimate of drug-likeness (QED) is 0.751. The molecule has 3 aliphatic rings. The Balaban J connectivity index is 1.86. The van der Waals surface area contributed by atoms with Crippen LogP contribution in [0.4, 0.5) is 18.9 Å². The monoisotopic (exact) mass is 370 g/mol. The summed E-state index contributed by atoms with van der Waals surface area (Å²) >= 11 is 0.644. The number of hydrogen-bond acceptors (Lipinski definition) is 4. The zero-order chi connectivity index (χ0) is 18.0. The Hall–Kier alpha value is -1.54. The Morgan fingerprint density at radius 2 is 1.84 bits per heavy atom. The third kappa shape index (κ3) is 2.01. The van der Waals surface area contributed by atoms with E-state index in [9.17, 15) is 22.8 Å². The molecule has 0 bridgehead atoms. The molecule has 2 amide bonds. The van der Waals surface area contributed by atoms with Crippen LogP contribution in [0.15, 0.2) is 30.3 Å². The van der Waals surface area contributed by atoms with Crippen LogP contribution in [0, 0.1) is 11.8 Å². The van der Waals surface area contributed by atoms with Gasteiger partial charge in [-0.25, -0.2) is 4.90 Å². The Morgan fingerprint density at radius 1 is 1.16 bits per heavy atom. The van der Waals surface area contributed by atoms with Crippen LogP contribution in [0.3, 0.4) is 0 Å². The van der Waals surface area contributed by atoms with Crippen molar-refractivity contribution in [1.29, 1.82) is 0 Å². The Morgan fingerprint density at radius 3 is 2.44 bits per heavy atom. The normalized spacial score (nSPS) is 35.4. The molecule has 1 aromatic rings. The standard InChI is InChI=1S/C17H17F3N2O2S/c1-25-16(17(18,19)20)13-12(11-8-5-9-21(11)16)14(23)22(15(13)24)10-6-3-2-4-7-10/h2-4,6-7,11-13H,5,8-9H2,1H3/t11-,12+,13-,16+/m1/s1. The van der Waals surface area contributed by atoms with Crippen molar-refractivity contribution in [3.63, 3.8) is 0 Å². The predicted molar refractivity (Wildman–Crippen MR) is 87.9 cm³/mol. The number of amides is 2. The Labute approximate surface area is 147 Å². The second-order valence-corrected chi connectivity index (χ2v) is 7.68. The highest BCUT2D eigenvalue weighted by Gasteiger charge is 2.77. The number of para-hydroxylation sites is 1. The first-order valence-electron chi connectivity index (χ1n) is 8.16. The van der Waals surface area contributed by atoms with Crippen LogP contribution in [0.25, 0.3) is 0 Å². The molecule has 0 aliphatic carbocycles. The van der Waals surface area contributed by atoms with Crippen molar-refractivity contribution in [2.24, 2.45) is 11.8 Å². The summed E-state index contributed by atoms with van der Waals surface area (Å²) in [5.74, 6) is -3.55. The van der Waals surface area contributed by atoms with Crippen LogP contribution in [-0.4, -0.2) is 46.6 Å². The largest absolute Gasteiger partial charge is 0.417 e. The lowest BCUT2D eigenvalue weighted by molar-refractivity contribution is -0.200. The van der Waals surface area contributed by atoms with Gasteiger partial charge in [0.1, 0.15) is 0 Å². The van der Waals surface area contributed by atoms with Gasteiger partial charge < -0.3 is 0 Å². The maximum Gasteiger partial charge on any atom is 0.417 e. The maximum atomic E-state index is 14.2. The lowest BCUT2D eigenvalue weighted by atomic mass is 9.87. The number of thioether (sulfide) groups is 1. The van der Waals surface area contributed by atoms with Crippen molar-refractivity contribution in [2.45, 2.75) is 29.9 Å². The molecule has 4 atom stereocenters. The molecule has 1 aromatic carbocycles. The highest BCUT2D eigenvalue weighted by atomic mass is 32.2. The molecule has 0 unspecified atom stereocenters. The summed E-state index contributed by atoms with van der Waals surface area (Å²) in [5.41, 5.74) is 0.341. The summed E-state index contributed by atoms with van der Waals surface area (Å²) in [5, 5.41) is 0. The van der Waals surface area contributed by atoms with Gasteiger partial charge in [-0.1, -0.05) is 18.2 Å². The summed E-state index contributed by atoms with van der Waals surface area (Å²) in [6.45, 7) is 0.268. The van der Waals surface area contributed by atoms with E-state index in [1.54, 1.807) is 30.3 Å². The molecule has 0 N–H and O–H groups in total. The average Bonchev–Trinajstić information content (AvgIpc) is 3.19. The second-order valence-electron chi connectivity index (χ2n) is 6.65. The van der Waals surface area contributed by atoms with Gasteiger partial charge in [0.15, 0.2) is 4.87 Å². The van der Waals surface area contributed by atoms with E-state index in [4.69, 9.17) is 0 Å². The molecule has 8 heteroatoms. The minimum Gasteiger partial charge on any atom is -0.277 e. The first kappa shape index (κ1) is 16.9. The van der Waals surface area contributed by atoms with E-state index in [1.165, 1.54) is 11.2 Å². The molecule has 0 aromatic heterocycles. The predicted octanol–water partition coefficient (Wildman–Crippen LogP) is 2.89.